The summed E-state index contributed by atoms with van der Waals surface area (Å²) in [5, 5.41) is 10.7. The summed E-state index contributed by atoms with van der Waals surface area (Å²) in [5.74, 6) is 0.219. The van der Waals surface area contributed by atoms with Crippen molar-refractivity contribution in [3.8, 4) is 5.75 Å². The Morgan fingerprint density at radius 3 is 2.52 bits per heavy atom. The minimum Gasteiger partial charge on any atom is -0.489 e. The number of carbonyl (C=O) groups excluding carboxylic acids is 1. The smallest absolute Gasteiger partial charge is 0.342 e. The van der Waals surface area contributed by atoms with Crippen LogP contribution >= 0.6 is 23.2 Å². The number of halogens is 2. The van der Waals surface area contributed by atoms with Gasteiger partial charge in [-0.2, -0.15) is 10.2 Å². The highest BCUT2D eigenvalue weighted by Gasteiger charge is 2.07. The maximum absolute atomic E-state index is 11.8. The predicted octanol–water partition coefficient (Wildman–Crippen LogP) is 2.43. The molecule has 2 aromatic carbocycles. The molecule has 0 radical (unpaired) electrons. The van der Waals surface area contributed by atoms with Gasteiger partial charge in [0.1, 0.15) is 18.1 Å². The van der Waals surface area contributed by atoms with Gasteiger partial charge in [-0.25, -0.2) is 15.3 Å². The third-order valence-corrected chi connectivity index (χ3v) is 4.81. The fourth-order valence-electron chi connectivity index (χ4n) is 2.48. The van der Waals surface area contributed by atoms with Crippen molar-refractivity contribution in [2.24, 2.45) is 5.10 Å². The van der Waals surface area contributed by atoms with E-state index in [0.29, 0.717) is 21.4 Å². The third-order valence-electron chi connectivity index (χ3n) is 4.10. The van der Waals surface area contributed by atoms with E-state index in [1.165, 1.54) is 6.21 Å². The minimum atomic E-state index is -0.702. The Kier molecular flexibility index (Phi) is 7.58. The van der Waals surface area contributed by atoms with E-state index in [1.807, 2.05) is 4.98 Å². The zero-order valence-corrected chi connectivity index (χ0v) is 17.5. The number of nitrogens with zero attached hydrogens (tertiary/aromatic N) is 2. The van der Waals surface area contributed by atoms with Crippen molar-refractivity contribution in [2.75, 3.05) is 0 Å². The van der Waals surface area contributed by atoms with Gasteiger partial charge < -0.3 is 4.74 Å². The number of hydrogen-bond acceptors (Lipinski definition) is 6. The number of H-pyrrole nitrogens is 2. The van der Waals surface area contributed by atoms with Gasteiger partial charge in [-0.15, -0.1) is 0 Å². The molecular formula is C20H17Cl2N5O4. The van der Waals surface area contributed by atoms with Gasteiger partial charge in [0.25, 0.3) is 5.56 Å². The van der Waals surface area contributed by atoms with Gasteiger partial charge in [0.2, 0.25) is 5.91 Å². The lowest BCUT2D eigenvalue weighted by molar-refractivity contribution is -0.121. The van der Waals surface area contributed by atoms with Gasteiger partial charge in [0.05, 0.1) is 6.21 Å². The van der Waals surface area contributed by atoms with Crippen LogP contribution in [0.15, 0.2) is 57.2 Å². The average molecular weight is 462 g/mol. The molecule has 1 amide bonds. The summed E-state index contributed by atoms with van der Waals surface area (Å²) in [6.45, 7) is 0.231. The number of benzene rings is 2. The zero-order valence-electron chi connectivity index (χ0n) is 16.0. The maximum Gasteiger partial charge on any atom is 0.342 e. The number of aromatic amines is 2. The van der Waals surface area contributed by atoms with Gasteiger partial charge in [0, 0.05) is 28.5 Å². The van der Waals surface area contributed by atoms with Gasteiger partial charge in [-0.3, -0.25) is 14.6 Å². The number of hydrogen-bond donors (Lipinski definition) is 3. The summed E-state index contributed by atoms with van der Waals surface area (Å²) >= 11 is 12.2. The number of rotatable bonds is 8. The highest BCUT2D eigenvalue weighted by atomic mass is 35.5. The van der Waals surface area contributed by atoms with E-state index in [4.69, 9.17) is 27.9 Å². The zero-order chi connectivity index (χ0) is 22.2. The molecule has 9 nitrogen and oxygen atoms in total. The van der Waals surface area contributed by atoms with Crippen LogP contribution < -0.4 is 21.4 Å². The first-order valence-corrected chi connectivity index (χ1v) is 9.83. The number of amides is 1. The van der Waals surface area contributed by atoms with Crippen molar-refractivity contribution in [1.82, 2.24) is 20.6 Å². The van der Waals surface area contributed by atoms with Crippen molar-refractivity contribution >= 4 is 35.3 Å². The van der Waals surface area contributed by atoms with E-state index in [-0.39, 0.29) is 25.1 Å². The van der Waals surface area contributed by atoms with Crippen molar-refractivity contribution in [2.45, 2.75) is 19.4 Å². The summed E-state index contributed by atoms with van der Waals surface area (Å²) in [6, 6.07) is 12.3. The Bertz CT molecular complexity index is 1180. The molecule has 0 unspecified atom stereocenters. The van der Waals surface area contributed by atoms with E-state index < -0.39 is 17.2 Å². The Morgan fingerprint density at radius 1 is 1.13 bits per heavy atom. The Morgan fingerprint density at radius 2 is 1.84 bits per heavy atom. The van der Waals surface area contributed by atoms with Gasteiger partial charge in [-0.05, 0) is 42.0 Å². The molecule has 1 heterocycles. The van der Waals surface area contributed by atoms with Gasteiger partial charge in [0.15, 0.2) is 0 Å². The van der Waals surface area contributed by atoms with E-state index >= 15 is 0 Å². The monoisotopic (exact) mass is 461 g/mol. The molecule has 0 spiro atoms. The summed E-state index contributed by atoms with van der Waals surface area (Å²) in [6.07, 6.45) is 1.52. The molecule has 0 fully saturated rings. The first kappa shape index (κ1) is 22.3. The Balaban J connectivity index is 1.47. The van der Waals surface area contributed by atoms with Crippen LogP contribution in [0.1, 0.15) is 23.2 Å². The number of hydrazone groups is 1. The number of carbonyl (C=O) groups is 1. The SMILES string of the molecule is O=C(CCc1n[nH]c(=O)[nH]c1=O)NN=Cc1ccc(OCc2c(Cl)cccc2Cl)cc1. The van der Waals surface area contributed by atoms with E-state index in [0.717, 1.165) is 5.56 Å². The summed E-state index contributed by atoms with van der Waals surface area (Å²) in [7, 11) is 0. The molecule has 160 valence electrons. The van der Waals surface area contributed by atoms with Gasteiger partial charge in [-0.1, -0.05) is 29.3 Å². The van der Waals surface area contributed by atoms with Crippen molar-refractivity contribution in [3.63, 3.8) is 0 Å². The lowest BCUT2D eigenvalue weighted by atomic mass is 10.2. The number of ether oxygens (including phenoxy) is 1. The first-order chi connectivity index (χ1) is 14.9. The fourth-order valence-corrected chi connectivity index (χ4v) is 2.99. The van der Waals surface area contributed by atoms with Crippen LogP contribution in [0.2, 0.25) is 10.0 Å². The quantitative estimate of drug-likeness (QED) is 0.350. The number of nitrogens with one attached hydrogen (secondary N) is 3. The van der Waals surface area contributed by atoms with Crippen LogP contribution in [0, 0.1) is 0 Å². The maximum atomic E-state index is 11.8. The van der Waals surface area contributed by atoms with E-state index in [2.05, 4.69) is 20.7 Å². The van der Waals surface area contributed by atoms with Crippen LogP contribution in [-0.4, -0.2) is 27.3 Å². The second-order valence-corrected chi connectivity index (χ2v) is 7.12. The minimum absolute atomic E-state index is 0.0170. The molecule has 31 heavy (non-hydrogen) atoms. The fraction of sp³-hybridized carbons (Fsp3) is 0.150. The molecule has 3 aromatic rings. The highest BCUT2D eigenvalue weighted by molar-refractivity contribution is 6.35. The van der Waals surface area contributed by atoms with Crippen LogP contribution in [0.3, 0.4) is 0 Å². The van der Waals surface area contributed by atoms with Crippen LogP contribution in [-0.2, 0) is 17.8 Å². The molecular weight excluding hydrogens is 445 g/mol. The molecule has 0 bridgehead atoms. The summed E-state index contributed by atoms with van der Waals surface area (Å²) in [5.41, 5.74) is 2.54. The van der Waals surface area contributed by atoms with Crippen LogP contribution in [0.4, 0.5) is 0 Å². The van der Waals surface area contributed by atoms with E-state index in [9.17, 15) is 14.4 Å². The van der Waals surface area contributed by atoms with Crippen molar-refractivity contribution in [3.05, 3.63) is 90.2 Å². The molecule has 0 saturated heterocycles. The standard InChI is InChI=1S/C20H17Cl2N5O4/c21-15-2-1-3-16(22)14(15)11-31-13-6-4-12(5-7-13)10-23-26-18(28)9-8-17-19(29)24-20(30)27-25-17/h1-7,10H,8-9,11H2,(H,26,28)(H2,24,27,29,30). The first-order valence-electron chi connectivity index (χ1n) is 9.08. The summed E-state index contributed by atoms with van der Waals surface area (Å²) in [4.78, 5) is 36.3. The molecule has 0 aliphatic rings. The van der Waals surface area contributed by atoms with E-state index in [1.54, 1.807) is 42.5 Å². The Hall–Kier alpha value is -3.43. The average Bonchev–Trinajstić information content (AvgIpc) is 2.74. The Labute approximate surface area is 186 Å². The second kappa shape index (κ2) is 10.6. The molecule has 3 N–H and O–H groups in total. The van der Waals surface area contributed by atoms with Crippen LogP contribution in [0.25, 0.3) is 0 Å². The molecule has 0 atom stereocenters. The topological polar surface area (TPSA) is 129 Å². The third kappa shape index (κ3) is 6.53. The highest BCUT2D eigenvalue weighted by Crippen LogP contribution is 2.25. The molecule has 11 heteroatoms. The predicted molar refractivity (Wildman–Crippen MR) is 117 cm³/mol. The lowest BCUT2D eigenvalue weighted by Gasteiger charge is -2.09. The lowest BCUT2D eigenvalue weighted by Crippen LogP contribution is -2.28. The van der Waals surface area contributed by atoms with Gasteiger partial charge >= 0.3 is 5.69 Å². The molecule has 0 aliphatic heterocycles. The molecule has 0 aliphatic carbocycles. The molecule has 1 aromatic heterocycles. The largest absolute Gasteiger partial charge is 0.489 e. The second-order valence-electron chi connectivity index (χ2n) is 6.30. The van der Waals surface area contributed by atoms with Crippen LogP contribution in [0.5, 0.6) is 5.75 Å². The number of aryl methyl sites for hydroxylation is 1. The van der Waals surface area contributed by atoms with Crippen molar-refractivity contribution in [1.29, 1.82) is 0 Å². The normalized spacial score (nSPS) is 10.9. The summed E-state index contributed by atoms with van der Waals surface area (Å²) < 4.78 is 5.70. The molecule has 3 rings (SSSR count). The number of aromatic nitrogens is 3. The van der Waals surface area contributed by atoms with Crippen molar-refractivity contribution < 1.29 is 9.53 Å². The molecule has 0 saturated carbocycles.